The molecule has 0 aliphatic heterocycles. The van der Waals surface area contributed by atoms with Gasteiger partial charge in [0.15, 0.2) is 0 Å². The van der Waals surface area contributed by atoms with Crippen molar-refractivity contribution in [2.45, 2.75) is 6.92 Å². The Hall–Kier alpha value is -1.09. The highest BCUT2D eigenvalue weighted by molar-refractivity contribution is 9.09. The largest absolute Gasteiger partial charge is 0.491 e. The molecule has 0 amide bonds. The van der Waals surface area contributed by atoms with Crippen molar-refractivity contribution in [3.8, 4) is 5.75 Å². The topological polar surface area (TPSA) is 22.1 Å². The van der Waals surface area contributed by atoms with Gasteiger partial charge < -0.3 is 4.74 Å². The zero-order valence-corrected chi connectivity index (χ0v) is 10.1. The highest BCUT2D eigenvalue weighted by Crippen LogP contribution is 2.22. The lowest BCUT2D eigenvalue weighted by Crippen LogP contribution is -2.00. The number of halogens is 1. The fourth-order valence-corrected chi connectivity index (χ4v) is 1.65. The van der Waals surface area contributed by atoms with Gasteiger partial charge in [0.2, 0.25) is 0 Å². The molecule has 2 nitrogen and oxygen atoms in total. The molecule has 3 heteroatoms. The summed E-state index contributed by atoms with van der Waals surface area (Å²) in [7, 11) is 0. The Morgan fingerprint density at radius 2 is 2.13 bits per heavy atom. The zero-order chi connectivity index (χ0) is 10.7. The molecule has 0 saturated heterocycles. The van der Waals surface area contributed by atoms with Gasteiger partial charge >= 0.3 is 0 Å². The monoisotopic (exact) mass is 265 g/mol. The van der Waals surface area contributed by atoms with Crippen LogP contribution in [0.15, 0.2) is 30.3 Å². The van der Waals surface area contributed by atoms with E-state index >= 15 is 0 Å². The summed E-state index contributed by atoms with van der Waals surface area (Å²) < 4.78 is 5.58. The van der Waals surface area contributed by atoms with Crippen LogP contribution in [0.1, 0.15) is 5.69 Å². The van der Waals surface area contributed by atoms with Crippen LogP contribution in [0.25, 0.3) is 10.9 Å². The van der Waals surface area contributed by atoms with Crippen molar-refractivity contribution in [1.82, 2.24) is 4.98 Å². The van der Waals surface area contributed by atoms with E-state index in [0.717, 1.165) is 27.7 Å². The van der Waals surface area contributed by atoms with Crippen molar-refractivity contribution in [2.24, 2.45) is 0 Å². The molecule has 0 bridgehead atoms. The summed E-state index contributed by atoms with van der Waals surface area (Å²) in [6, 6.07) is 10.1. The van der Waals surface area contributed by atoms with Gasteiger partial charge in [-0.25, -0.2) is 4.98 Å². The third-order valence-electron chi connectivity index (χ3n) is 2.20. The van der Waals surface area contributed by atoms with Crippen molar-refractivity contribution in [2.75, 3.05) is 11.9 Å². The number of alkyl halides is 1. The average Bonchev–Trinajstić information content (AvgIpc) is 2.26. The standard InChI is InChI=1S/C12H12BrNO/c1-9-12(15-7-6-13)8-10-4-2-3-5-11(10)14-9/h2-5,8H,6-7H2,1H3. The second-order valence-corrected chi connectivity index (χ2v) is 4.10. The number of hydrogen-bond donors (Lipinski definition) is 0. The van der Waals surface area contributed by atoms with Crippen LogP contribution in [0.4, 0.5) is 0 Å². The average molecular weight is 266 g/mol. The number of hydrogen-bond acceptors (Lipinski definition) is 2. The summed E-state index contributed by atoms with van der Waals surface area (Å²) in [5.74, 6) is 0.869. The summed E-state index contributed by atoms with van der Waals surface area (Å²) in [5, 5.41) is 1.95. The van der Waals surface area contributed by atoms with E-state index in [1.807, 2.05) is 37.3 Å². The fourth-order valence-electron chi connectivity index (χ4n) is 1.49. The van der Waals surface area contributed by atoms with E-state index in [2.05, 4.69) is 20.9 Å². The fraction of sp³-hybridized carbons (Fsp3) is 0.250. The molecule has 0 N–H and O–H groups in total. The maximum Gasteiger partial charge on any atom is 0.141 e. The van der Waals surface area contributed by atoms with Gasteiger partial charge in [0, 0.05) is 10.7 Å². The summed E-state index contributed by atoms with van der Waals surface area (Å²) in [6.45, 7) is 2.64. The molecule has 0 fully saturated rings. The molecule has 1 aromatic carbocycles. The Bertz CT molecular complexity index is 470. The molecule has 0 aliphatic carbocycles. The maximum absolute atomic E-state index is 5.58. The molecule has 0 radical (unpaired) electrons. The zero-order valence-electron chi connectivity index (χ0n) is 8.53. The molecule has 15 heavy (non-hydrogen) atoms. The SMILES string of the molecule is Cc1nc2ccccc2cc1OCCBr. The lowest BCUT2D eigenvalue weighted by atomic mass is 10.2. The summed E-state index contributed by atoms with van der Waals surface area (Å²) in [6.07, 6.45) is 0. The first-order valence-electron chi connectivity index (χ1n) is 4.86. The van der Waals surface area contributed by atoms with E-state index < -0.39 is 0 Å². The van der Waals surface area contributed by atoms with Crippen LogP contribution in [-0.4, -0.2) is 16.9 Å². The Morgan fingerprint density at radius 1 is 1.33 bits per heavy atom. The Balaban J connectivity index is 2.43. The molecule has 2 aromatic rings. The third-order valence-corrected chi connectivity index (χ3v) is 2.53. The van der Waals surface area contributed by atoms with Crippen molar-refractivity contribution < 1.29 is 4.74 Å². The number of nitrogens with zero attached hydrogens (tertiary/aromatic N) is 1. The van der Waals surface area contributed by atoms with Crippen molar-refractivity contribution >= 4 is 26.8 Å². The lowest BCUT2D eigenvalue weighted by molar-refractivity contribution is 0.341. The number of para-hydroxylation sites is 1. The molecule has 0 atom stereocenters. The van der Waals surface area contributed by atoms with Crippen LogP contribution >= 0.6 is 15.9 Å². The summed E-state index contributed by atoms with van der Waals surface area (Å²) in [5.41, 5.74) is 1.95. The Morgan fingerprint density at radius 3 is 2.93 bits per heavy atom. The number of aromatic nitrogens is 1. The van der Waals surface area contributed by atoms with E-state index in [9.17, 15) is 0 Å². The second kappa shape index (κ2) is 4.62. The van der Waals surface area contributed by atoms with E-state index in [1.54, 1.807) is 0 Å². The maximum atomic E-state index is 5.58. The predicted molar refractivity (Wildman–Crippen MR) is 65.8 cm³/mol. The Kier molecular flexibility index (Phi) is 3.21. The van der Waals surface area contributed by atoms with Gasteiger partial charge in [-0.05, 0) is 19.1 Å². The van der Waals surface area contributed by atoms with Gasteiger partial charge in [-0.15, -0.1) is 0 Å². The van der Waals surface area contributed by atoms with Crippen molar-refractivity contribution in [3.05, 3.63) is 36.0 Å². The first kappa shape index (κ1) is 10.4. The van der Waals surface area contributed by atoms with Crippen molar-refractivity contribution in [3.63, 3.8) is 0 Å². The molecule has 2 rings (SSSR count). The van der Waals surface area contributed by atoms with Gasteiger partial charge in [-0.1, -0.05) is 34.1 Å². The number of rotatable bonds is 3. The molecule has 0 saturated carbocycles. The van der Waals surface area contributed by atoms with Gasteiger partial charge in [0.25, 0.3) is 0 Å². The molecule has 0 spiro atoms. The number of ether oxygens (including phenoxy) is 1. The summed E-state index contributed by atoms with van der Waals surface area (Å²) >= 11 is 3.34. The molecular formula is C12H12BrNO. The van der Waals surface area contributed by atoms with E-state index in [-0.39, 0.29) is 0 Å². The van der Waals surface area contributed by atoms with Crippen LogP contribution in [0.2, 0.25) is 0 Å². The first-order valence-corrected chi connectivity index (χ1v) is 5.98. The minimum Gasteiger partial charge on any atom is -0.491 e. The number of aryl methyl sites for hydroxylation is 1. The third kappa shape index (κ3) is 2.29. The van der Waals surface area contributed by atoms with Crippen LogP contribution in [0.5, 0.6) is 5.75 Å². The number of pyridine rings is 1. The van der Waals surface area contributed by atoms with Gasteiger partial charge in [0.1, 0.15) is 5.75 Å². The highest BCUT2D eigenvalue weighted by Gasteiger charge is 2.03. The first-order chi connectivity index (χ1) is 7.31. The van der Waals surface area contributed by atoms with Crippen molar-refractivity contribution in [1.29, 1.82) is 0 Å². The van der Waals surface area contributed by atoms with Crippen LogP contribution in [0, 0.1) is 6.92 Å². The normalized spacial score (nSPS) is 10.5. The minimum atomic E-state index is 0.668. The lowest BCUT2D eigenvalue weighted by Gasteiger charge is -2.08. The minimum absolute atomic E-state index is 0.668. The molecular weight excluding hydrogens is 254 g/mol. The molecule has 0 unspecified atom stereocenters. The summed E-state index contributed by atoms with van der Waals surface area (Å²) in [4.78, 5) is 4.49. The highest BCUT2D eigenvalue weighted by atomic mass is 79.9. The molecule has 1 heterocycles. The Labute approximate surface area is 97.4 Å². The van der Waals surface area contributed by atoms with Crippen LogP contribution in [-0.2, 0) is 0 Å². The van der Waals surface area contributed by atoms with Gasteiger partial charge in [-0.3, -0.25) is 0 Å². The number of benzene rings is 1. The number of fused-ring (bicyclic) bond motifs is 1. The molecule has 1 aromatic heterocycles. The van der Waals surface area contributed by atoms with Gasteiger partial charge in [-0.2, -0.15) is 0 Å². The van der Waals surface area contributed by atoms with E-state index in [4.69, 9.17) is 4.74 Å². The second-order valence-electron chi connectivity index (χ2n) is 3.30. The smallest absolute Gasteiger partial charge is 0.141 e. The molecule has 78 valence electrons. The van der Waals surface area contributed by atoms with Crippen LogP contribution in [0.3, 0.4) is 0 Å². The molecule has 0 aliphatic rings. The van der Waals surface area contributed by atoms with E-state index in [1.165, 1.54) is 0 Å². The quantitative estimate of drug-likeness (QED) is 0.795. The van der Waals surface area contributed by atoms with Crippen LogP contribution < -0.4 is 4.74 Å². The van der Waals surface area contributed by atoms with E-state index in [0.29, 0.717) is 6.61 Å². The van der Waals surface area contributed by atoms with Gasteiger partial charge in [0.05, 0.1) is 17.8 Å². The predicted octanol–water partition coefficient (Wildman–Crippen LogP) is 3.32.